The third-order valence-corrected chi connectivity index (χ3v) is 8.12. The van der Waals surface area contributed by atoms with Gasteiger partial charge in [0.15, 0.2) is 17.1 Å². The summed E-state index contributed by atoms with van der Waals surface area (Å²) in [5.74, 6) is 0.768. The van der Waals surface area contributed by atoms with Crippen LogP contribution in [0.1, 0.15) is 62.5 Å². The van der Waals surface area contributed by atoms with Gasteiger partial charge in [0.25, 0.3) is 0 Å². The zero-order valence-electron chi connectivity index (χ0n) is 23.6. The number of thiophene rings is 1. The van der Waals surface area contributed by atoms with Gasteiger partial charge in [-0.05, 0) is 42.5 Å². The number of thioether (sulfide) groups is 1. The monoisotopic (exact) mass is 578 g/mol. The van der Waals surface area contributed by atoms with Crippen LogP contribution >= 0.6 is 23.1 Å². The van der Waals surface area contributed by atoms with E-state index in [4.69, 9.17) is 9.47 Å². The fourth-order valence-corrected chi connectivity index (χ4v) is 5.77. The van der Waals surface area contributed by atoms with Crippen molar-refractivity contribution < 1.29 is 19.1 Å². The Morgan fingerprint density at radius 3 is 2.42 bits per heavy atom. The number of aromatic nitrogens is 3. The van der Waals surface area contributed by atoms with Crippen molar-refractivity contribution in [2.75, 3.05) is 17.7 Å². The van der Waals surface area contributed by atoms with E-state index in [9.17, 15) is 9.59 Å². The molecule has 1 amide bonds. The number of anilines is 1. The molecule has 1 atom stereocenters. The van der Waals surface area contributed by atoms with E-state index in [1.165, 1.54) is 28.7 Å². The second kappa shape index (κ2) is 12.7. The second-order valence-corrected chi connectivity index (χ2v) is 12.0. The number of hydrogen-bond acceptors (Lipinski definition) is 8. The van der Waals surface area contributed by atoms with Crippen molar-refractivity contribution in [1.82, 2.24) is 14.8 Å². The van der Waals surface area contributed by atoms with Gasteiger partial charge in [0, 0.05) is 18.0 Å². The fourth-order valence-electron chi connectivity index (χ4n) is 4.07. The van der Waals surface area contributed by atoms with E-state index in [0.717, 1.165) is 16.9 Å². The number of nitrogens with one attached hydrogen (secondary N) is 1. The lowest BCUT2D eigenvalue weighted by atomic mass is 9.87. The molecule has 40 heavy (non-hydrogen) atoms. The normalized spacial score (nSPS) is 12.2. The number of carbonyl (C=O) groups excluding carboxylic acids is 2. The zero-order valence-corrected chi connectivity index (χ0v) is 25.2. The molecule has 0 saturated heterocycles. The van der Waals surface area contributed by atoms with Crippen molar-refractivity contribution >= 4 is 40.0 Å². The van der Waals surface area contributed by atoms with E-state index in [0.29, 0.717) is 21.5 Å². The summed E-state index contributed by atoms with van der Waals surface area (Å²) in [5.41, 5.74) is 3.27. The minimum absolute atomic E-state index is 0.0697. The highest BCUT2D eigenvalue weighted by Crippen LogP contribution is 2.36. The quantitative estimate of drug-likeness (QED) is 0.162. The highest BCUT2D eigenvalue weighted by atomic mass is 32.2. The first-order chi connectivity index (χ1) is 19.1. The highest BCUT2D eigenvalue weighted by molar-refractivity contribution is 7.99. The van der Waals surface area contributed by atoms with Gasteiger partial charge in [-0.3, -0.25) is 4.79 Å². The topological polar surface area (TPSA) is 95.3 Å². The lowest BCUT2D eigenvalue weighted by Gasteiger charge is -2.20. The molecule has 10 heteroatoms. The first-order valence-corrected chi connectivity index (χ1v) is 14.9. The van der Waals surface area contributed by atoms with Crippen molar-refractivity contribution in [3.63, 3.8) is 0 Å². The van der Waals surface area contributed by atoms with Crippen molar-refractivity contribution in [3.05, 3.63) is 76.9 Å². The van der Waals surface area contributed by atoms with Crippen LogP contribution in [0.3, 0.4) is 0 Å². The van der Waals surface area contributed by atoms with Gasteiger partial charge in [-0.1, -0.05) is 75.0 Å². The Kier molecular flexibility index (Phi) is 9.32. The predicted molar refractivity (Wildman–Crippen MR) is 160 cm³/mol. The van der Waals surface area contributed by atoms with Crippen LogP contribution in [0, 0.1) is 0 Å². The Morgan fingerprint density at radius 2 is 1.77 bits per heavy atom. The molecule has 4 rings (SSSR count). The van der Waals surface area contributed by atoms with E-state index in [2.05, 4.69) is 48.4 Å². The molecule has 0 radical (unpaired) electrons. The summed E-state index contributed by atoms with van der Waals surface area (Å²) in [4.78, 5) is 25.7. The van der Waals surface area contributed by atoms with Gasteiger partial charge in [0.1, 0.15) is 16.3 Å². The Bertz CT molecular complexity index is 1460. The maximum atomic E-state index is 12.9. The molecule has 1 unspecified atom stereocenters. The summed E-state index contributed by atoms with van der Waals surface area (Å²) >= 11 is 2.56. The Balaban J connectivity index is 1.40. The molecule has 210 valence electrons. The van der Waals surface area contributed by atoms with Gasteiger partial charge in [0.05, 0.1) is 12.4 Å². The number of amides is 1. The van der Waals surface area contributed by atoms with Crippen LogP contribution in [0.2, 0.25) is 0 Å². The molecule has 0 fully saturated rings. The van der Waals surface area contributed by atoms with Gasteiger partial charge in [-0.25, -0.2) is 4.79 Å². The number of nitrogens with zero attached hydrogens (tertiary/aromatic N) is 3. The molecule has 2 heterocycles. The van der Waals surface area contributed by atoms with Crippen molar-refractivity contribution in [2.24, 2.45) is 7.05 Å². The summed E-state index contributed by atoms with van der Waals surface area (Å²) in [5, 5.41) is 14.4. The lowest BCUT2D eigenvalue weighted by molar-refractivity contribution is -0.113. The molecule has 0 aliphatic carbocycles. The number of ether oxygens (including phenoxy) is 2. The van der Waals surface area contributed by atoms with Crippen LogP contribution in [-0.2, 0) is 22.0 Å². The maximum Gasteiger partial charge on any atom is 0.341 e. The number of rotatable bonds is 10. The minimum Gasteiger partial charge on any atom is -0.483 e. The zero-order chi connectivity index (χ0) is 28.9. The third-order valence-electron chi connectivity index (χ3n) is 6.21. The van der Waals surface area contributed by atoms with Gasteiger partial charge in [0.2, 0.25) is 5.91 Å². The molecular formula is C30H34N4O4S2. The van der Waals surface area contributed by atoms with E-state index < -0.39 is 5.97 Å². The average molecular weight is 579 g/mol. The number of esters is 1. The van der Waals surface area contributed by atoms with Gasteiger partial charge in [-0.15, -0.1) is 21.5 Å². The van der Waals surface area contributed by atoms with Crippen LogP contribution in [-0.4, -0.2) is 39.0 Å². The van der Waals surface area contributed by atoms with Crippen LogP contribution in [0.5, 0.6) is 5.75 Å². The first-order valence-electron chi connectivity index (χ1n) is 13.0. The molecule has 8 nitrogen and oxygen atoms in total. The number of hydrogen-bond donors (Lipinski definition) is 1. The fraction of sp³-hybridized carbons (Fsp3) is 0.333. The first kappa shape index (κ1) is 29.4. The lowest BCUT2D eigenvalue weighted by Crippen LogP contribution is -2.17. The maximum absolute atomic E-state index is 12.9. The summed E-state index contributed by atoms with van der Waals surface area (Å²) in [7, 11) is 1.85. The van der Waals surface area contributed by atoms with E-state index in [1.54, 1.807) is 6.92 Å². The minimum atomic E-state index is -0.467. The van der Waals surface area contributed by atoms with E-state index >= 15 is 0 Å². The summed E-state index contributed by atoms with van der Waals surface area (Å²) in [6, 6.07) is 17.6. The molecule has 2 aromatic heterocycles. The molecule has 0 aliphatic rings. The highest BCUT2D eigenvalue weighted by Gasteiger charge is 2.24. The third kappa shape index (κ3) is 6.92. The molecule has 0 saturated carbocycles. The Hall–Kier alpha value is -3.63. The standard InChI is InChI=1S/C30H34N4O4S2/c1-7-37-28(36)25-23(20-11-9-8-10-12-20)17-39-27(25)31-24(35)18-40-29-33-32-26(34(29)6)19(2)38-22-15-13-21(14-16-22)30(3,4)5/h8-17,19H,7,18H2,1-6H3,(H,31,35). The number of benzene rings is 2. The van der Waals surface area contributed by atoms with Crippen LogP contribution in [0.25, 0.3) is 11.1 Å². The predicted octanol–water partition coefficient (Wildman–Crippen LogP) is 6.89. The van der Waals surface area contributed by atoms with Crippen LogP contribution < -0.4 is 10.1 Å². The van der Waals surface area contributed by atoms with Gasteiger partial charge < -0.3 is 19.4 Å². The Labute approximate surface area is 243 Å². The van der Waals surface area contributed by atoms with Gasteiger partial charge in [-0.2, -0.15) is 0 Å². The summed E-state index contributed by atoms with van der Waals surface area (Å²) in [6.07, 6.45) is -0.337. The molecule has 0 aliphatic heterocycles. The largest absolute Gasteiger partial charge is 0.483 e. The Morgan fingerprint density at radius 1 is 1.07 bits per heavy atom. The van der Waals surface area contributed by atoms with Crippen LogP contribution in [0.4, 0.5) is 5.00 Å². The molecule has 4 aromatic rings. The molecule has 0 spiro atoms. The number of carbonyl (C=O) groups is 2. The molecule has 1 N–H and O–H groups in total. The van der Waals surface area contributed by atoms with Gasteiger partial charge >= 0.3 is 5.97 Å². The summed E-state index contributed by atoms with van der Waals surface area (Å²) < 4.78 is 13.2. The van der Waals surface area contributed by atoms with Crippen molar-refractivity contribution in [2.45, 2.75) is 51.3 Å². The van der Waals surface area contributed by atoms with Crippen LogP contribution in [0.15, 0.2) is 65.1 Å². The molecular weight excluding hydrogens is 544 g/mol. The smallest absolute Gasteiger partial charge is 0.341 e. The van der Waals surface area contributed by atoms with E-state index in [-0.39, 0.29) is 29.8 Å². The average Bonchev–Trinajstić information content (AvgIpc) is 3.51. The second-order valence-electron chi connectivity index (χ2n) is 10.2. The van der Waals surface area contributed by atoms with Crippen molar-refractivity contribution in [1.29, 1.82) is 0 Å². The molecule has 0 bridgehead atoms. The molecule has 2 aromatic carbocycles. The SMILES string of the molecule is CCOC(=O)c1c(-c2ccccc2)csc1NC(=O)CSc1nnc(C(C)Oc2ccc(C(C)(C)C)cc2)n1C. The summed E-state index contributed by atoms with van der Waals surface area (Å²) in [6.45, 7) is 10.4. The van der Waals surface area contributed by atoms with Crippen molar-refractivity contribution in [3.8, 4) is 16.9 Å². The van der Waals surface area contributed by atoms with E-state index in [1.807, 2.05) is 66.4 Å².